The monoisotopic (exact) mass is 380 g/mol. The third kappa shape index (κ3) is 7.61. The predicted molar refractivity (Wildman–Crippen MR) is 112 cm³/mol. The van der Waals surface area contributed by atoms with Gasteiger partial charge in [-0.2, -0.15) is 0 Å². The molecule has 2 N–H and O–H groups in total. The van der Waals surface area contributed by atoms with E-state index in [4.69, 9.17) is 5.11 Å². The average molecular weight is 381 g/mol. The molecule has 4 heteroatoms. The van der Waals surface area contributed by atoms with Crippen LogP contribution in [0.3, 0.4) is 0 Å². The van der Waals surface area contributed by atoms with Crippen molar-refractivity contribution in [3.8, 4) is 5.75 Å². The Bertz CT molecular complexity index is 571. The number of phenols is 1. The van der Waals surface area contributed by atoms with Crippen molar-refractivity contribution in [1.29, 1.82) is 0 Å². The minimum Gasteiger partial charge on any atom is -0.506 e. The number of aromatic hydroxyl groups is 1. The molecule has 0 aliphatic carbocycles. The van der Waals surface area contributed by atoms with Gasteiger partial charge in [0.2, 0.25) is 0 Å². The van der Waals surface area contributed by atoms with Crippen LogP contribution in [-0.4, -0.2) is 16.2 Å². The molecule has 3 unspecified atom stereocenters. The van der Waals surface area contributed by atoms with E-state index in [2.05, 4.69) is 40.3 Å². The maximum absolute atomic E-state index is 11.0. The van der Waals surface area contributed by atoms with Gasteiger partial charge in [-0.25, -0.2) is 4.79 Å². The quantitative estimate of drug-likeness (QED) is 0.359. The Morgan fingerprint density at radius 3 is 2.08 bits per heavy atom. The van der Waals surface area contributed by atoms with Crippen LogP contribution in [0.1, 0.15) is 88.6 Å². The van der Waals surface area contributed by atoms with Crippen LogP contribution < -0.4 is 0 Å². The zero-order valence-corrected chi connectivity index (χ0v) is 17.7. The minimum absolute atomic E-state index is 0.0855. The highest BCUT2D eigenvalue weighted by Crippen LogP contribution is 2.32. The van der Waals surface area contributed by atoms with E-state index < -0.39 is 5.97 Å². The summed E-state index contributed by atoms with van der Waals surface area (Å²) in [6.07, 6.45) is 9.72. The van der Waals surface area contributed by atoms with E-state index in [1.807, 2.05) is 0 Å². The molecule has 0 saturated carbocycles. The van der Waals surface area contributed by atoms with Crippen LogP contribution in [0.2, 0.25) is 0 Å². The first-order chi connectivity index (χ1) is 12.3. The molecule has 0 fully saturated rings. The second kappa shape index (κ2) is 11.5. The molecule has 0 heterocycles. The Kier molecular flexibility index (Phi) is 10.1. The van der Waals surface area contributed by atoms with E-state index in [-0.39, 0.29) is 11.3 Å². The highest BCUT2D eigenvalue weighted by molar-refractivity contribution is 7.80. The second-order valence-corrected chi connectivity index (χ2v) is 8.51. The molecule has 1 rings (SSSR count). The van der Waals surface area contributed by atoms with Gasteiger partial charge >= 0.3 is 5.97 Å². The maximum Gasteiger partial charge on any atom is 0.339 e. The third-order valence-electron chi connectivity index (χ3n) is 5.52. The summed E-state index contributed by atoms with van der Waals surface area (Å²) in [5.74, 6) is 0.774. The topological polar surface area (TPSA) is 57.5 Å². The van der Waals surface area contributed by atoms with Gasteiger partial charge in [-0.1, -0.05) is 78.7 Å². The first kappa shape index (κ1) is 22.9. The number of rotatable bonds is 12. The number of carboxylic acid groups (broad SMARTS) is 1. The molecular formula is C22H36O3S. The molecule has 0 amide bonds. The fourth-order valence-electron chi connectivity index (χ4n) is 3.41. The lowest BCUT2D eigenvalue weighted by molar-refractivity contribution is 0.0693. The van der Waals surface area contributed by atoms with Gasteiger partial charge in [-0.05, 0) is 35.8 Å². The summed E-state index contributed by atoms with van der Waals surface area (Å²) in [6, 6.07) is 3.25. The van der Waals surface area contributed by atoms with Crippen molar-refractivity contribution in [2.75, 3.05) is 0 Å². The van der Waals surface area contributed by atoms with Crippen LogP contribution in [0.4, 0.5) is 0 Å². The Morgan fingerprint density at radius 1 is 1.00 bits per heavy atom. The fourth-order valence-corrected chi connectivity index (χ4v) is 3.70. The van der Waals surface area contributed by atoms with Gasteiger partial charge in [0.25, 0.3) is 0 Å². The Labute approximate surface area is 164 Å². The molecule has 0 radical (unpaired) electrons. The van der Waals surface area contributed by atoms with Crippen LogP contribution in [-0.2, 0) is 6.42 Å². The SMILES string of the molecule is CCC(C)CCCC(C)CCCC(C)Cc1ccc(C(=O)O)c(O)c1S. The van der Waals surface area contributed by atoms with Gasteiger partial charge in [-0.3, -0.25) is 0 Å². The number of hydrogen-bond donors (Lipinski definition) is 3. The zero-order valence-electron chi connectivity index (χ0n) is 16.8. The first-order valence-electron chi connectivity index (χ1n) is 10.0. The smallest absolute Gasteiger partial charge is 0.339 e. The maximum atomic E-state index is 11.0. The van der Waals surface area contributed by atoms with Crippen molar-refractivity contribution in [3.63, 3.8) is 0 Å². The highest BCUT2D eigenvalue weighted by atomic mass is 32.1. The summed E-state index contributed by atoms with van der Waals surface area (Å²) in [7, 11) is 0. The van der Waals surface area contributed by atoms with Gasteiger partial charge in [0, 0.05) is 0 Å². The second-order valence-electron chi connectivity index (χ2n) is 8.06. The molecular weight excluding hydrogens is 344 g/mol. The van der Waals surface area contributed by atoms with Crippen LogP contribution in [0.15, 0.2) is 17.0 Å². The molecule has 26 heavy (non-hydrogen) atoms. The molecule has 0 saturated heterocycles. The summed E-state index contributed by atoms with van der Waals surface area (Å²) in [4.78, 5) is 11.4. The van der Waals surface area contributed by atoms with E-state index in [1.165, 1.54) is 44.6 Å². The average Bonchev–Trinajstić information content (AvgIpc) is 2.58. The molecule has 3 nitrogen and oxygen atoms in total. The van der Waals surface area contributed by atoms with Gasteiger partial charge in [0.05, 0.1) is 4.90 Å². The number of carbonyl (C=O) groups is 1. The van der Waals surface area contributed by atoms with Gasteiger partial charge in [-0.15, -0.1) is 12.6 Å². The van der Waals surface area contributed by atoms with Crippen LogP contribution in [0.5, 0.6) is 5.75 Å². The number of hydrogen-bond acceptors (Lipinski definition) is 3. The van der Waals surface area contributed by atoms with Crippen LogP contribution in [0.25, 0.3) is 0 Å². The molecule has 0 bridgehead atoms. The molecule has 3 atom stereocenters. The van der Waals surface area contributed by atoms with Crippen molar-refractivity contribution < 1.29 is 15.0 Å². The summed E-state index contributed by atoms with van der Waals surface area (Å²) in [6.45, 7) is 9.17. The van der Waals surface area contributed by atoms with Gasteiger partial charge < -0.3 is 10.2 Å². The number of aromatic carboxylic acids is 1. The van der Waals surface area contributed by atoms with Gasteiger partial charge in [0.15, 0.2) is 0 Å². The summed E-state index contributed by atoms with van der Waals surface area (Å²) < 4.78 is 0. The van der Waals surface area contributed by atoms with E-state index in [0.717, 1.165) is 30.2 Å². The van der Waals surface area contributed by atoms with Gasteiger partial charge in [0.1, 0.15) is 11.3 Å². The zero-order chi connectivity index (χ0) is 19.7. The lowest BCUT2D eigenvalue weighted by atomic mass is 9.90. The van der Waals surface area contributed by atoms with E-state index >= 15 is 0 Å². The van der Waals surface area contributed by atoms with Crippen LogP contribution in [0, 0.1) is 17.8 Å². The lowest BCUT2D eigenvalue weighted by Crippen LogP contribution is -2.05. The number of benzene rings is 1. The van der Waals surface area contributed by atoms with E-state index in [9.17, 15) is 9.90 Å². The summed E-state index contributed by atoms with van der Waals surface area (Å²) in [5.41, 5.74) is 0.836. The van der Waals surface area contributed by atoms with Crippen molar-refractivity contribution in [2.45, 2.75) is 84.0 Å². The summed E-state index contributed by atoms with van der Waals surface area (Å²) >= 11 is 4.32. The first-order valence-corrected chi connectivity index (χ1v) is 10.5. The fraction of sp³-hybridized carbons (Fsp3) is 0.682. The van der Waals surface area contributed by atoms with Crippen molar-refractivity contribution in [1.82, 2.24) is 0 Å². The minimum atomic E-state index is -1.13. The molecule has 0 aliphatic rings. The Balaban J connectivity index is 2.37. The standard InChI is InChI=1S/C22H36O3S/c1-5-15(2)8-6-9-16(3)10-7-11-17(4)14-18-12-13-19(22(24)25)20(23)21(18)26/h12-13,15-17,23,26H,5-11,14H2,1-4H3,(H,24,25). The molecule has 0 aromatic heterocycles. The summed E-state index contributed by atoms with van der Waals surface area (Å²) in [5, 5.41) is 19.0. The Morgan fingerprint density at radius 2 is 1.54 bits per heavy atom. The predicted octanol–water partition coefficient (Wildman–Crippen LogP) is 6.58. The molecule has 148 valence electrons. The lowest BCUT2D eigenvalue weighted by Gasteiger charge is -2.17. The normalized spacial score (nSPS) is 14.8. The highest BCUT2D eigenvalue weighted by Gasteiger charge is 2.16. The van der Waals surface area contributed by atoms with Crippen LogP contribution >= 0.6 is 12.6 Å². The Hall–Kier alpha value is -1.16. The van der Waals surface area contributed by atoms with E-state index in [0.29, 0.717) is 10.8 Å². The van der Waals surface area contributed by atoms with Crippen molar-refractivity contribution in [2.24, 2.45) is 17.8 Å². The number of thiol groups is 1. The number of carboxylic acids is 1. The third-order valence-corrected chi connectivity index (χ3v) is 6.02. The largest absolute Gasteiger partial charge is 0.506 e. The molecule has 1 aromatic rings. The molecule has 1 aromatic carbocycles. The van der Waals surface area contributed by atoms with E-state index in [1.54, 1.807) is 6.07 Å². The molecule has 0 spiro atoms. The van der Waals surface area contributed by atoms with Crippen molar-refractivity contribution in [3.05, 3.63) is 23.3 Å². The van der Waals surface area contributed by atoms with Crippen molar-refractivity contribution >= 4 is 18.6 Å². The molecule has 0 aliphatic heterocycles.